The van der Waals surface area contributed by atoms with Crippen molar-refractivity contribution in [3.8, 4) is 11.5 Å². The van der Waals surface area contributed by atoms with Gasteiger partial charge in [-0.3, -0.25) is 0 Å². The van der Waals surface area contributed by atoms with Crippen molar-refractivity contribution in [1.82, 2.24) is 15.6 Å². The largest absolute Gasteiger partial charge is 0.458 e. The maximum Gasteiger partial charge on any atom is 0.253 e. The Morgan fingerprint density at radius 2 is 2.12 bits per heavy atom. The number of rotatable bonds is 6. The quantitative estimate of drug-likeness (QED) is 0.408. The zero-order chi connectivity index (χ0) is 18.4. The maximum absolute atomic E-state index is 11.3. The molecule has 0 radical (unpaired) electrons. The van der Waals surface area contributed by atoms with Crippen molar-refractivity contribution in [2.45, 2.75) is 13.5 Å². The summed E-state index contributed by atoms with van der Waals surface area (Å²) in [5.41, 5.74) is 11.2. The SMILES string of the molecule is CCN/C(=N/S(C)(=O)=O)NCc1ccc(-c2csc(N=C(N)N)n2)o1. The van der Waals surface area contributed by atoms with Gasteiger partial charge in [-0.1, -0.05) is 0 Å². The van der Waals surface area contributed by atoms with Gasteiger partial charge in [-0.2, -0.15) is 4.99 Å². The van der Waals surface area contributed by atoms with Gasteiger partial charge in [0.15, 0.2) is 11.7 Å². The molecular weight excluding hydrogens is 366 g/mol. The highest BCUT2D eigenvalue weighted by atomic mass is 32.2. The van der Waals surface area contributed by atoms with Gasteiger partial charge >= 0.3 is 0 Å². The molecule has 0 amide bonds. The Morgan fingerprint density at radius 3 is 2.76 bits per heavy atom. The van der Waals surface area contributed by atoms with Crippen molar-refractivity contribution in [3.63, 3.8) is 0 Å². The zero-order valence-corrected chi connectivity index (χ0v) is 15.3. The topological polar surface area (TPSA) is 161 Å². The lowest BCUT2D eigenvalue weighted by Gasteiger charge is -2.08. The lowest BCUT2D eigenvalue weighted by atomic mass is 10.3. The predicted molar refractivity (Wildman–Crippen MR) is 98.1 cm³/mol. The van der Waals surface area contributed by atoms with E-state index in [4.69, 9.17) is 15.9 Å². The van der Waals surface area contributed by atoms with Crippen LogP contribution in [0, 0.1) is 0 Å². The summed E-state index contributed by atoms with van der Waals surface area (Å²) < 4.78 is 31.8. The van der Waals surface area contributed by atoms with Gasteiger partial charge in [-0.15, -0.1) is 15.7 Å². The molecule has 25 heavy (non-hydrogen) atoms. The van der Waals surface area contributed by atoms with Gasteiger partial charge < -0.3 is 26.5 Å². The first-order chi connectivity index (χ1) is 11.8. The first kappa shape index (κ1) is 18.7. The molecule has 6 N–H and O–H groups in total. The van der Waals surface area contributed by atoms with Crippen LogP contribution in [0.25, 0.3) is 11.5 Å². The number of aliphatic imine (C=N–C) groups is 1. The minimum absolute atomic E-state index is 0.0636. The fourth-order valence-corrected chi connectivity index (χ4v) is 2.94. The Hall–Kier alpha value is -2.60. The van der Waals surface area contributed by atoms with Gasteiger partial charge in [0.25, 0.3) is 10.0 Å². The second kappa shape index (κ2) is 7.98. The van der Waals surface area contributed by atoms with E-state index in [1.807, 2.05) is 6.92 Å². The predicted octanol–water partition coefficient (Wildman–Crippen LogP) is 0.323. The Morgan fingerprint density at radius 1 is 1.36 bits per heavy atom. The number of aromatic nitrogens is 1. The van der Waals surface area contributed by atoms with Crippen LogP contribution < -0.4 is 22.1 Å². The van der Waals surface area contributed by atoms with Crippen LogP contribution in [0.1, 0.15) is 12.7 Å². The van der Waals surface area contributed by atoms with E-state index in [-0.39, 0.29) is 18.5 Å². The lowest BCUT2D eigenvalue weighted by Crippen LogP contribution is -2.37. The third-order valence-corrected chi connectivity index (χ3v) is 3.91. The van der Waals surface area contributed by atoms with Crippen molar-refractivity contribution in [2.75, 3.05) is 12.8 Å². The van der Waals surface area contributed by atoms with Gasteiger partial charge in [0.2, 0.25) is 11.1 Å². The molecule has 0 aliphatic rings. The fraction of sp³-hybridized carbons (Fsp3) is 0.308. The third kappa shape index (κ3) is 6.08. The molecule has 0 saturated heterocycles. The maximum atomic E-state index is 11.3. The molecule has 2 aromatic heterocycles. The Balaban J connectivity index is 2.07. The van der Waals surface area contributed by atoms with E-state index in [2.05, 4.69) is 25.0 Å². The molecule has 0 bridgehead atoms. The molecule has 12 heteroatoms. The van der Waals surface area contributed by atoms with Gasteiger partial charge in [0.1, 0.15) is 11.5 Å². The van der Waals surface area contributed by atoms with Crippen molar-refractivity contribution >= 4 is 38.4 Å². The van der Waals surface area contributed by atoms with Crippen LogP contribution in [0.4, 0.5) is 5.13 Å². The molecule has 0 unspecified atom stereocenters. The van der Waals surface area contributed by atoms with Crippen molar-refractivity contribution in [2.24, 2.45) is 20.9 Å². The first-order valence-electron chi connectivity index (χ1n) is 7.18. The number of furan rings is 1. The van der Waals surface area contributed by atoms with E-state index >= 15 is 0 Å². The fourth-order valence-electron chi connectivity index (χ4n) is 1.78. The van der Waals surface area contributed by atoms with E-state index in [1.165, 1.54) is 11.3 Å². The number of nitrogens with zero attached hydrogens (tertiary/aromatic N) is 3. The summed E-state index contributed by atoms with van der Waals surface area (Å²) in [6.45, 7) is 2.62. The summed E-state index contributed by atoms with van der Waals surface area (Å²) in [7, 11) is -3.50. The Labute approximate surface area is 149 Å². The summed E-state index contributed by atoms with van der Waals surface area (Å²) in [5.74, 6) is 1.23. The molecule has 2 rings (SSSR count). The summed E-state index contributed by atoms with van der Waals surface area (Å²) in [6.07, 6.45) is 1.02. The average Bonchev–Trinajstić information content (AvgIpc) is 3.11. The molecule has 2 aromatic rings. The molecule has 10 nitrogen and oxygen atoms in total. The number of hydrogen-bond donors (Lipinski definition) is 4. The summed E-state index contributed by atoms with van der Waals surface area (Å²) in [6, 6.07) is 3.51. The van der Waals surface area contributed by atoms with Crippen molar-refractivity contribution < 1.29 is 12.8 Å². The zero-order valence-electron chi connectivity index (χ0n) is 13.7. The van der Waals surface area contributed by atoms with E-state index in [9.17, 15) is 8.42 Å². The number of nitrogens with two attached hydrogens (primary N) is 2. The second-order valence-corrected chi connectivity index (χ2v) is 7.36. The van der Waals surface area contributed by atoms with Gasteiger partial charge in [-0.05, 0) is 19.1 Å². The Kier molecular flexibility index (Phi) is 5.98. The van der Waals surface area contributed by atoms with Gasteiger partial charge in [0.05, 0.1) is 12.8 Å². The first-order valence-corrected chi connectivity index (χ1v) is 9.91. The highest BCUT2D eigenvalue weighted by Gasteiger charge is 2.10. The Bertz CT molecular complexity index is 879. The standard InChI is InChI=1S/C13H19N7O3S2/c1-3-16-12(20-25(2,21)22)17-6-8-4-5-10(23-8)9-7-24-13(18-9)19-11(14)15/h4-5,7H,3,6H2,1-2H3,(H2,16,17,20)(H4,14,15,18,19). The minimum Gasteiger partial charge on any atom is -0.458 e. The van der Waals surface area contributed by atoms with E-state index < -0.39 is 10.0 Å². The van der Waals surface area contributed by atoms with E-state index in [1.54, 1.807) is 17.5 Å². The third-order valence-electron chi connectivity index (χ3n) is 2.66. The highest BCUT2D eigenvalue weighted by Crippen LogP contribution is 2.27. The van der Waals surface area contributed by atoms with Crippen LogP contribution in [-0.2, 0) is 16.6 Å². The van der Waals surface area contributed by atoms with Gasteiger partial charge in [-0.25, -0.2) is 13.4 Å². The number of hydrogen-bond acceptors (Lipinski definition) is 6. The van der Waals surface area contributed by atoms with Crippen LogP contribution in [0.15, 0.2) is 31.3 Å². The molecule has 0 atom stereocenters. The minimum atomic E-state index is -3.50. The molecule has 0 aromatic carbocycles. The summed E-state index contributed by atoms with van der Waals surface area (Å²) >= 11 is 1.28. The molecular formula is C13H19N7O3S2. The smallest absolute Gasteiger partial charge is 0.253 e. The molecule has 0 aliphatic carbocycles. The van der Waals surface area contributed by atoms with Crippen molar-refractivity contribution in [1.29, 1.82) is 0 Å². The number of thiazole rings is 1. The van der Waals surface area contributed by atoms with Crippen molar-refractivity contribution in [3.05, 3.63) is 23.3 Å². The number of nitrogens with one attached hydrogen (secondary N) is 2. The number of guanidine groups is 2. The second-order valence-electron chi connectivity index (χ2n) is 4.87. The highest BCUT2D eigenvalue weighted by molar-refractivity contribution is 7.89. The lowest BCUT2D eigenvalue weighted by molar-refractivity contribution is 0.512. The normalized spacial score (nSPS) is 12.0. The van der Waals surface area contributed by atoms with Crippen LogP contribution >= 0.6 is 11.3 Å². The molecule has 0 saturated carbocycles. The van der Waals surface area contributed by atoms with Gasteiger partial charge in [0, 0.05) is 11.9 Å². The molecule has 136 valence electrons. The number of sulfonamides is 1. The summed E-state index contributed by atoms with van der Waals surface area (Å²) in [4.78, 5) is 8.12. The van der Waals surface area contributed by atoms with Crippen LogP contribution in [0.3, 0.4) is 0 Å². The monoisotopic (exact) mass is 385 g/mol. The van der Waals surface area contributed by atoms with E-state index in [0.29, 0.717) is 28.9 Å². The van der Waals surface area contributed by atoms with E-state index in [0.717, 1.165) is 6.26 Å². The van der Waals surface area contributed by atoms with Crippen LogP contribution in [-0.4, -0.2) is 38.1 Å². The molecule has 0 spiro atoms. The molecule has 0 fully saturated rings. The summed E-state index contributed by atoms with van der Waals surface area (Å²) in [5, 5.41) is 7.92. The van der Waals surface area contributed by atoms with Crippen LogP contribution in [0.2, 0.25) is 0 Å². The molecule has 0 aliphatic heterocycles. The van der Waals surface area contributed by atoms with Crippen LogP contribution in [0.5, 0.6) is 0 Å². The molecule has 2 heterocycles. The average molecular weight is 385 g/mol.